The molecule has 0 saturated heterocycles. The maximum atomic E-state index is 11.8. The summed E-state index contributed by atoms with van der Waals surface area (Å²) < 4.78 is 0. The van der Waals surface area contributed by atoms with Crippen molar-refractivity contribution in [3.63, 3.8) is 0 Å². The number of hydrogen-bond donors (Lipinski definition) is 0. The quantitative estimate of drug-likeness (QED) is 0.659. The maximum absolute atomic E-state index is 11.8. The van der Waals surface area contributed by atoms with Gasteiger partial charge in [0.2, 0.25) is 0 Å². The molecule has 0 N–H and O–H groups in total. The summed E-state index contributed by atoms with van der Waals surface area (Å²) in [5.74, 6) is 0.166. The Morgan fingerprint density at radius 3 is 2.07 bits per heavy atom. The van der Waals surface area contributed by atoms with Crippen LogP contribution in [0.4, 0.5) is 0 Å². The molecular weight excluding hydrogens is 203 g/mol. The molecule has 0 bridgehead atoms. The van der Waals surface area contributed by atoms with Crippen LogP contribution in [0.5, 0.6) is 0 Å². The van der Waals surface area contributed by atoms with E-state index in [1.807, 2.05) is 44.2 Å². The van der Waals surface area contributed by atoms with Crippen molar-refractivity contribution in [1.82, 2.24) is 0 Å². The molecule has 1 aliphatic carbocycles. The normalized spacial score (nSPS) is 16.6. The van der Waals surface area contributed by atoms with Gasteiger partial charge in [-0.3, -0.25) is 4.79 Å². The third-order valence-corrected chi connectivity index (χ3v) is 3.51. The highest BCUT2D eigenvalue weighted by molar-refractivity contribution is 7.24. The zero-order valence-electron chi connectivity index (χ0n) is 8.87. The van der Waals surface area contributed by atoms with Crippen LogP contribution in [0.1, 0.15) is 19.4 Å². The van der Waals surface area contributed by atoms with Crippen LogP contribution in [0.15, 0.2) is 46.8 Å². The van der Waals surface area contributed by atoms with E-state index < -0.39 is 0 Å². The molecule has 1 nitrogen and oxygen atoms in total. The van der Waals surface area contributed by atoms with Crippen LogP contribution < -0.4 is 0 Å². The zero-order valence-corrected chi connectivity index (χ0v) is 10.0. The molecule has 0 heterocycles. The Morgan fingerprint density at radius 1 is 1.00 bits per heavy atom. The van der Waals surface area contributed by atoms with Crippen molar-refractivity contribution in [3.05, 3.63) is 52.4 Å². The topological polar surface area (TPSA) is 17.1 Å². The molecule has 2 rings (SSSR count). The molecule has 1 aromatic rings. The standard InChI is InChI=1S/C13H13OP/c1-8-11(10-6-4-3-5-7-10)13(15)9(2)12(8)14/h3-7H,15H2,1-2H3. The van der Waals surface area contributed by atoms with Crippen molar-refractivity contribution in [2.45, 2.75) is 13.8 Å². The Kier molecular flexibility index (Phi) is 2.58. The van der Waals surface area contributed by atoms with Crippen molar-refractivity contribution in [1.29, 1.82) is 0 Å². The fraction of sp³-hybridized carbons (Fsp3) is 0.154. The summed E-state index contributed by atoms with van der Waals surface area (Å²) in [7, 11) is 2.67. The molecule has 0 amide bonds. The van der Waals surface area contributed by atoms with Gasteiger partial charge in [-0.2, -0.15) is 0 Å². The minimum atomic E-state index is 0.166. The number of carbonyl (C=O) groups excluding carboxylic acids is 1. The first kappa shape index (κ1) is 10.3. The third kappa shape index (κ3) is 1.57. The van der Waals surface area contributed by atoms with Crippen LogP contribution in [-0.4, -0.2) is 5.78 Å². The molecule has 0 spiro atoms. The van der Waals surface area contributed by atoms with Crippen molar-refractivity contribution in [2.75, 3.05) is 0 Å². The van der Waals surface area contributed by atoms with E-state index in [2.05, 4.69) is 9.24 Å². The SMILES string of the molecule is CC1=C(P)C(c2ccccc2)=C(C)C1=O. The lowest BCUT2D eigenvalue weighted by Gasteiger charge is -2.05. The molecule has 1 atom stereocenters. The van der Waals surface area contributed by atoms with E-state index in [0.29, 0.717) is 0 Å². The minimum Gasteiger partial charge on any atom is -0.289 e. The van der Waals surface area contributed by atoms with Crippen LogP contribution in [0.2, 0.25) is 0 Å². The summed E-state index contributed by atoms with van der Waals surface area (Å²) in [5, 5.41) is 1.03. The Labute approximate surface area is 92.1 Å². The molecule has 1 unspecified atom stereocenters. The van der Waals surface area contributed by atoms with Crippen LogP contribution in [-0.2, 0) is 4.79 Å². The van der Waals surface area contributed by atoms with Gasteiger partial charge < -0.3 is 0 Å². The number of rotatable bonds is 1. The Morgan fingerprint density at radius 2 is 1.60 bits per heavy atom. The van der Waals surface area contributed by atoms with Gasteiger partial charge in [0.15, 0.2) is 5.78 Å². The number of hydrogen-bond acceptors (Lipinski definition) is 1. The van der Waals surface area contributed by atoms with E-state index in [0.717, 1.165) is 27.6 Å². The largest absolute Gasteiger partial charge is 0.289 e. The molecule has 1 aliphatic rings. The van der Waals surface area contributed by atoms with Crippen LogP contribution in [0.25, 0.3) is 5.57 Å². The average molecular weight is 216 g/mol. The van der Waals surface area contributed by atoms with Gasteiger partial charge in [-0.15, -0.1) is 9.24 Å². The number of Topliss-reactive ketones (excluding diaryl/α,β-unsaturated/α-hetero) is 1. The number of allylic oxidation sites excluding steroid dienone is 4. The summed E-state index contributed by atoms with van der Waals surface area (Å²) in [5.41, 5.74) is 3.88. The van der Waals surface area contributed by atoms with E-state index in [9.17, 15) is 4.79 Å². The smallest absolute Gasteiger partial charge is 0.185 e. The lowest BCUT2D eigenvalue weighted by molar-refractivity contribution is -0.111. The first-order chi connectivity index (χ1) is 7.13. The molecule has 1 aromatic carbocycles. The monoisotopic (exact) mass is 216 g/mol. The predicted octanol–water partition coefficient (Wildman–Crippen LogP) is 3.19. The second-order valence-corrected chi connectivity index (χ2v) is 4.31. The fourth-order valence-corrected chi connectivity index (χ4v) is 2.40. The Hall–Kier alpha value is -1.20. The lowest BCUT2D eigenvalue weighted by Crippen LogP contribution is -1.95. The summed E-state index contributed by atoms with van der Waals surface area (Å²) in [4.78, 5) is 11.8. The molecule has 15 heavy (non-hydrogen) atoms. The minimum absolute atomic E-state index is 0.166. The van der Waals surface area contributed by atoms with Gasteiger partial charge in [-0.1, -0.05) is 30.3 Å². The molecule has 2 heteroatoms. The van der Waals surface area contributed by atoms with Gasteiger partial charge in [-0.25, -0.2) is 0 Å². The van der Waals surface area contributed by atoms with E-state index in [1.165, 1.54) is 0 Å². The fourth-order valence-electron chi connectivity index (χ4n) is 1.88. The van der Waals surface area contributed by atoms with E-state index in [4.69, 9.17) is 0 Å². The predicted molar refractivity (Wildman–Crippen MR) is 66.5 cm³/mol. The van der Waals surface area contributed by atoms with Crippen LogP contribution in [0.3, 0.4) is 0 Å². The average Bonchev–Trinajstić information content (AvgIpc) is 2.45. The van der Waals surface area contributed by atoms with Crippen molar-refractivity contribution in [2.24, 2.45) is 0 Å². The summed E-state index contributed by atoms with van der Waals surface area (Å²) in [6.45, 7) is 3.77. The molecule has 0 fully saturated rings. The van der Waals surface area contributed by atoms with Gasteiger partial charge in [0, 0.05) is 11.1 Å². The number of carbonyl (C=O) groups is 1. The van der Waals surface area contributed by atoms with E-state index >= 15 is 0 Å². The van der Waals surface area contributed by atoms with Gasteiger partial charge in [-0.05, 0) is 30.3 Å². The highest BCUT2D eigenvalue weighted by Crippen LogP contribution is 2.39. The van der Waals surface area contributed by atoms with E-state index in [-0.39, 0.29) is 5.78 Å². The Bertz CT molecular complexity index is 481. The van der Waals surface area contributed by atoms with Crippen LogP contribution >= 0.6 is 9.24 Å². The van der Waals surface area contributed by atoms with Crippen molar-refractivity contribution >= 4 is 20.6 Å². The molecule has 0 radical (unpaired) electrons. The molecular formula is C13H13OP. The molecule has 76 valence electrons. The molecule has 0 aliphatic heterocycles. The first-order valence-corrected chi connectivity index (χ1v) is 5.48. The highest BCUT2D eigenvalue weighted by Gasteiger charge is 2.24. The van der Waals surface area contributed by atoms with Gasteiger partial charge >= 0.3 is 0 Å². The summed E-state index contributed by atoms with van der Waals surface area (Å²) in [6, 6.07) is 10.0. The third-order valence-electron chi connectivity index (χ3n) is 2.79. The highest BCUT2D eigenvalue weighted by atomic mass is 31.0. The van der Waals surface area contributed by atoms with Gasteiger partial charge in [0.25, 0.3) is 0 Å². The zero-order chi connectivity index (χ0) is 11.0. The first-order valence-electron chi connectivity index (χ1n) is 4.90. The second-order valence-electron chi connectivity index (χ2n) is 3.73. The van der Waals surface area contributed by atoms with Crippen molar-refractivity contribution in [3.8, 4) is 0 Å². The van der Waals surface area contributed by atoms with Crippen molar-refractivity contribution < 1.29 is 4.79 Å². The maximum Gasteiger partial charge on any atom is 0.185 e. The Balaban J connectivity index is 2.60. The lowest BCUT2D eigenvalue weighted by atomic mass is 10.0. The van der Waals surface area contributed by atoms with Gasteiger partial charge in [0.05, 0.1) is 0 Å². The summed E-state index contributed by atoms with van der Waals surface area (Å²) >= 11 is 0. The summed E-state index contributed by atoms with van der Waals surface area (Å²) in [6.07, 6.45) is 0. The molecule has 0 aromatic heterocycles. The van der Waals surface area contributed by atoms with E-state index in [1.54, 1.807) is 0 Å². The number of benzene rings is 1. The second kappa shape index (κ2) is 3.75. The number of ketones is 1. The van der Waals surface area contributed by atoms with Gasteiger partial charge in [0.1, 0.15) is 0 Å². The molecule has 0 saturated carbocycles. The van der Waals surface area contributed by atoms with Crippen LogP contribution in [0, 0.1) is 0 Å².